The van der Waals surface area contributed by atoms with Gasteiger partial charge in [-0.2, -0.15) is 13.2 Å². The molecule has 1 aliphatic rings. The molecule has 0 unspecified atom stereocenters. The van der Waals surface area contributed by atoms with Crippen molar-refractivity contribution in [3.8, 4) is 0 Å². The Balaban J connectivity index is 0.00000312. The Labute approximate surface area is 158 Å². The van der Waals surface area contributed by atoms with Gasteiger partial charge in [0.1, 0.15) is 0 Å². The molecule has 0 amide bonds. The molecule has 0 aliphatic carbocycles. The van der Waals surface area contributed by atoms with Gasteiger partial charge in [-0.05, 0) is 37.0 Å². The average Bonchev–Trinajstić information content (AvgIpc) is 2.55. The summed E-state index contributed by atoms with van der Waals surface area (Å²) in [5, 5.41) is 3.38. The summed E-state index contributed by atoms with van der Waals surface area (Å²) in [5.41, 5.74) is -0.269. The zero-order chi connectivity index (χ0) is 17.6. The van der Waals surface area contributed by atoms with E-state index < -0.39 is 11.7 Å². The van der Waals surface area contributed by atoms with Crippen LogP contribution in [-0.2, 0) is 6.18 Å². The fraction of sp³-hybridized carbons (Fsp3) is 0.556. The number of hydrogen-bond acceptors (Lipinski definition) is 2. The lowest BCUT2D eigenvalue weighted by Gasteiger charge is -2.36. The fourth-order valence-electron chi connectivity index (χ4n) is 3.22. The van der Waals surface area contributed by atoms with Crippen molar-refractivity contribution < 1.29 is 13.2 Å². The number of unbranched alkanes of at least 4 members (excludes halogenated alkanes) is 2. The third-order valence-corrected chi connectivity index (χ3v) is 4.64. The van der Waals surface area contributed by atoms with Crippen molar-refractivity contribution in [3.05, 3.63) is 47.0 Å². The van der Waals surface area contributed by atoms with Crippen molar-refractivity contribution in [1.29, 1.82) is 0 Å². The Morgan fingerprint density at radius 3 is 2.52 bits per heavy atom. The van der Waals surface area contributed by atoms with Gasteiger partial charge in [0, 0.05) is 37.2 Å². The standard InChI is InChI=1S/C18H24ClF3N2.ClH/c1-2-3-4-5-6-17(24-11-9-23-10-12-24)15-8-7-14(19)13-16(15)18(20,21)22;/h2,7-8,13,17,23H,1,3-6,9-12H2;1H/t17-;/m0./s1. The SMILES string of the molecule is C=CCCCC[C@@H](c1ccc(Cl)cc1C(F)(F)F)N1CCNCC1.Cl. The molecule has 0 radical (unpaired) electrons. The Kier molecular flexibility index (Phi) is 9.28. The molecule has 1 aliphatic heterocycles. The molecule has 7 heteroatoms. The molecular formula is C18H25Cl2F3N2. The van der Waals surface area contributed by atoms with Gasteiger partial charge in [0.25, 0.3) is 0 Å². The molecule has 2 rings (SSSR count). The Morgan fingerprint density at radius 1 is 1.24 bits per heavy atom. The van der Waals surface area contributed by atoms with Gasteiger partial charge in [0.05, 0.1) is 5.56 Å². The van der Waals surface area contributed by atoms with Crippen LogP contribution in [0.2, 0.25) is 5.02 Å². The van der Waals surface area contributed by atoms with E-state index in [1.165, 1.54) is 0 Å². The molecule has 0 aromatic heterocycles. The monoisotopic (exact) mass is 396 g/mol. The van der Waals surface area contributed by atoms with Gasteiger partial charge >= 0.3 is 6.18 Å². The van der Waals surface area contributed by atoms with Crippen LogP contribution in [0, 0.1) is 0 Å². The van der Waals surface area contributed by atoms with Crippen molar-refractivity contribution in [2.24, 2.45) is 0 Å². The number of hydrogen-bond donors (Lipinski definition) is 1. The molecule has 142 valence electrons. The lowest BCUT2D eigenvalue weighted by molar-refractivity contribution is -0.138. The second-order valence-electron chi connectivity index (χ2n) is 6.10. The summed E-state index contributed by atoms with van der Waals surface area (Å²) in [6.07, 6.45) is 0.873. The molecule has 1 fully saturated rings. The van der Waals surface area contributed by atoms with E-state index in [-0.39, 0.29) is 23.5 Å². The second kappa shape index (κ2) is 10.4. The van der Waals surface area contributed by atoms with Crippen LogP contribution < -0.4 is 5.32 Å². The minimum absolute atomic E-state index is 0. The number of nitrogens with zero attached hydrogens (tertiary/aromatic N) is 1. The van der Waals surface area contributed by atoms with E-state index in [1.54, 1.807) is 12.1 Å². The summed E-state index contributed by atoms with van der Waals surface area (Å²) < 4.78 is 40.5. The van der Waals surface area contributed by atoms with E-state index in [1.807, 2.05) is 6.08 Å². The predicted octanol–water partition coefficient (Wildman–Crippen LogP) is 5.47. The van der Waals surface area contributed by atoms with Gasteiger partial charge < -0.3 is 5.32 Å². The van der Waals surface area contributed by atoms with Gasteiger partial charge in [-0.25, -0.2) is 0 Å². The van der Waals surface area contributed by atoms with Crippen LogP contribution in [0.3, 0.4) is 0 Å². The van der Waals surface area contributed by atoms with Crippen LogP contribution in [0.25, 0.3) is 0 Å². The third-order valence-electron chi connectivity index (χ3n) is 4.41. The normalized spacial score (nSPS) is 17.0. The van der Waals surface area contributed by atoms with E-state index in [0.29, 0.717) is 12.0 Å². The van der Waals surface area contributed by atoms with Crippen LogP contribution in [0.4, 0.5) is 13.2 Å². The highest BCUT2D eigenvalue weighted by atomic mass is 35.5. The lowest BCUT2D eigenvalue weighted by Crippen LogP contribution is -2.45. The van der Waals surface area contributed by atoms with Crippen LogP contribution in [0.5, 0.6) is 0 Å². The number of nitrogens with one attached hydrogen (secondary N) is 1. The number of alkyl halides is 3. The summed E-state index contributed by atoms with van der Waals surface area (Å²) in [5.74, 6) is 0. The average molecular weight is 397 g/mol. The largest absolute Gasteiger partial charge is 0.416 e. The first-order valence-corrected chi connectivity index (χ1v) is 8.73. The second-order valence-corrected chi connectivity index (χ2v) is 6.54. The molecule has 1 aromatic rings. The maximum atomic E-state index is 13.5. The van der Waals surface area contributed by atoms with Gasteiger partial charge in [-0.15, -0.1) is 19.0 Å². The predicted molar refractivity (Wildman–Crippen MR) is 99.6 cm³/mol. The summed E-state index contributed by atoms with van der Waals surface area (Å²) in [6, 6.07) is 3.93. The van der Waals surface area contributed by atoms with E-state index in [9.17, 15) is 13.2 Å². The highest BCUT2D eigenvalue weighted by molar-refractivity contribution is 6.30. The maximum absolute atomic E-state index is 13.5. The summed E-state index contributed by atoms with van der Waals surface area (Å²) in [6.45, 7) is 6.82. The number of allylic oxidation sites excluding steroid dienone is 1. The van der Waals surface area contributed by atoms with Gasteiger partial charge in [-0.3, -0.25) is 4.90 Å². The molecule has 1 heterocycles. The summed E-state index contributed by atoms with van der Waals surface area (Å²) >= 11 is 5.82. The minimum Gasteiger partial charge on any atom is -0.314 e. The van der Waals surface area contributed by atoms with E-state index in [0.717, 1.165) is 51.5 Å². The summed E-state index contributed by atoms with van der Waals surface area (Å²) in [4.78, 5) is 2.16. The number of halogens is 5. The Hall–Kier alpha value is -0.750. The molecule has 0 saturated carbocycles. The van der Waals surface area contributed by atoms with E-state index in [2.05, 4.69) is 16.8 Å². The molecule has 0 bridgehead atoms. The molecule has 2 nitrogen and oxygen atoms in total. The highest BCUT2D eigenvalue weighted by Crippen LogP contribution is 2.39. The molecule has 1 N–H and O–H groups in total. The fourth-order valence-corrected chi connectivity index (χ4v) is 3.39. The number of rotatable bonds is 7. The zero-order valence-corrected chi connectivity index (χ0v) is 15.7. The van der Waals surface area contributed by atoms with Crippen LogP contribution in [-0.4, -0.2) is 31.1 Å². The van der Waals surface area contributed by atoms with Crippen molar-refractivity contribution >= 4 is 24.0 Å². The molecular weight excluding hydrogens is 372 g/mol. The van der Waals surface area contributed by atoms with Crippen molar-refractivity contribution in [3.63, 3.8) is 0 Å². The van der Waals surface area contributed by atoms with Gasteiger partial charge in [0.15, 0.2) is 0 Å². The first kappa shape index (κ1) is 22.3. The summed E-state index contributed by atoms with van der Waals surface area (Å²) in [7, 11) is 0. The zero-order valence-electron chi connectivity index (χ0n) is 14.1. The van der Waals surface area contributed by atoms with Crippen molar-refractivity contribution in [2.75, 3.05) is 26.2 Å². The Bertz CT molecular complexity index is 544. The van der Waals surface area contributed by atoms with Crippen molar-refractivity contribution in [1.82, 2.24) is 10.2 Å². The van der Waals surface area contributed by atoms with Crippen LogP contribution >= 0.6 is 24.0 Å². The smallest absolute Gasteiger partial charge is 0.314 e. The van der Waals surface area contributed by atoms with Crippen molar-refractivity contribution in [2.45, 2.75) is 37.9 Å². The Morgan fingerprint density at radius 2 is 1.92 bits per heavy atom. The van der Waals surface area contributed by atoms with Gasteiger partial charge in [-0.1, -0.05) is 30.2 Å². The van der Waals surface area contributed by atoms with E-state index >= 15 is 0 Å². The molecule has 25 heavy (non-hydrogen) atoms. The molecule has 0 spiro atoms. The first-order chi connectivity index (χ1) is 11.4. The quantitative estimate of drug-likeness (QED) is 0.485. The molecule has 1 saturated heterocycles. The van der Waals surface area contributed by atoms with Gasteiger partial charge in [0.2, 0.25) is 0 Å². The third kappa shape index (κ3) is 6.48. The molecule has 1 atom stereocenters. The van der Waals surface area contributed by atoms with Crippen LogP contribution in [0.15, 0.2) is 30.9 Å². The van der Waals surface area contributed by atoms with E-state index in [4.69, 9.17) is 11.6 Å². The number of piperazine rings is 1. The van der Waals surface area contributed by atoms with Crippen LogP contribution in [0.1, 0.15) is 42.9 Å². The highest BCUT2D eigenvalue weighted by Gasteiger charge is 2.36. The maximum Gasteiger partial charge on any atom is 0.416 e. The molecule has 1 aromatic carbocycles. The topological polar surface area (TPSA) is 15.3 Å². The number of benzene rings is 1. The first-order valence-electron chi connectivity index (χ1n) is 8.36. The minimum atomic E-state index is -4.40. The lowest BCUT2D eigenvalue weighted by atomic mass is 9.93.